The van der Waals surface area contributed by atoms with Crippen LogP contribution in [0.4, 0.5) is 5.69 Å². The van der Waals surface area contributed by atoms with Crippen molar-refractivity contribution in [1.82, 2.24) is 4.90 Å². The third-order valence-electron chi connectivity index (χ3n) is 5.23. The quantitative estimate of drug-likeness (QED) is 0.679. The molecule has 2 aromatic rings. The first-order chi connectivity index (χ1) is 14.8. The Morgan fingerprint density at radius 2 is 1.97 bits per heavy atom. The Morgan fingerprint density at radius 1 is 1.23 bits per heavy atom. The molecule has 1 heterocycles. The van der Waals surface area contributed by atoms with E-state index in [1.54, 1.807) is 36.4 Å². The summed E-state index contributed by atoms with van der Waals surface area (Å²) in [6, 6.07) is 16.4. The highest BCUT2D eigenvalue weighted by Crippen LogP contribution is 2.21. The lowest BCUT2D eigenvalue weighted by Crippen LogP contribution is -2.42. The summed E-state index contributed by atoms with van der Waals surface area (Å²) in [6.45, 7) is 2.37. The third kappa shape index (κ3) is 7.09. The van der Waals surface area contributed by atoms with E-state index in [4.69, 9.17) is 10.00 Å². The van der Waals surface area contributed by atoms with E-state index in [1.165, 1.54) is 0 Å². The lowest BCUT2D eigenvalue weighted by atomic mass is 9.98. The van der Waals surface area contributed by atoms with E-state index in [0.717, 1.165) is 24.7 Å². The summed E-state index contributed by atoms with van der Waals surface area (Å²) in [5.74, 6) is 0.250. The van der Waals surface area contributed by atoms with Crippen molar-refractivity contribution in [2.75, 3.05) is 30.7 Å². The van der Waals surface area contributed by atoms with E-state index in [-0.39, 0.29) is 18.2 Å². The summed E-state index contributed by atoms with van der Waals surface area (Å²) in [7, 11) is -3.41. The standard InChI is InChI=1S/C23H27N3O4S/c1-31(28,29)25-22-7-3-2-6-21(22)13-23(27)26-12-4-5-20(15-26)17-30-16-19-10-8-18(14-24)9-11-19/h2-3,6-11,20,25H,4-5,12-13,15-17H2,1H3. The number of sulfonamides is 1. The lowest BCUT2D eigenvalue weighted by molar-refractivity contribution is -0.132. The van der Waals surface area contributed by atoms with Gasteiger partial charge < -0.3 is 9.64 Å². The Hall–Kier alpha value is -2.89. The molecule has 1 saturated heterocycles. The predicted octanol–water partition coefficient (Wildman–Crippen LogP) is 2.93. The number of nitriles is 1. The van der Waals surface area contributed by atoms with Crippen molar-refractivity contribution >= 4 is 21.6 Å². The minimum Gasteiger partial charge on any atom is -0.376 e. The first kappa shape index (κ1) is 22.8. The van der Waals surface area contributed by atoms with Crippen molar-refractivity contribution in [2.24, 2.45) is 5.92 Å². The average molecular weight is 442 g/mol. The molecular weight excluding hydrogens is 414 g/mol. The van der Waals surface area contributed by atoms with E-state index in [9.17, 15) is 13.2 Å². The number of ether oxygens (including phenoxy) is 1. The first-order valence-corrected chi connectivity index (χ1v) is 12.1. The summed E-state index contributed by atoms with van der Waals surface area (Å²) in [5.41, 5.74) is 2.74. The fourth-order valence-electron chi connectivity index (χ4n) is 3.70. The van der Waals surface area contributed by atoms with Gasteiger partial charge in [0.05, 0.1) is 43.2 Å². The van der Waals surface area contributed by atoms with Crippen LogP contribution < -0.4 is 4.72 Å². The van der Waals surface area contributed by atoms with Crippen LogP contribution in [0.2, 0.25) is 0 Å². The van der Waals surface area contributed by atoms with E-state index in [1.807, 2.05) is 17.0 Å². The molecule has 0 aliphatic carbocycles. The molecule has 31 heavy (non-hydrogen) atoms. The highest BCUT2D eigenvalue weighted by molar-refractivity contribution is 7.92. The highest BCUT2D eigenvalue weighted by Gasteiger charge is 2.24. The number of benzene rings is 2. The number of nitrogens with zero attached hydrogens (tertiary/aromatic N) is 2. The zero-order valence-corrected chi connectivity index (χ0v) is 18.4. The summed E-state index contributed by atoms with van der Waals surface area (Å²) in [5, 5.41) is 8.86. The molecule has 1 fully saturated rings. The van der Waals surface area contributed by atoms with Crippen molar-refractivity contribution < 1.29 is 17.9 Å². The summed E-state index contributed by atoms with van der Waals surface area (Å²) < 4.78 is 31.5. The molecule has 1 N–H and O–H groups in total. The number of anilines is 1. The molecule has 2 aromatic carbocycles. The number of piperidine rings is 1. The molecule has 1 amide bonds. The van der Waals surface area contributed by atoms with Crippen LogP contribution >= 0.6 is 0 Å². The Labute approximate surface area is 183 Å². The highest BCUT2D eigenvalue weighted by atomic mass is 32.2. The van der Waals surface area contributed by atoms with Crippen LogP contribution in [0.15, 0.2) is 48.5 Å². The van der Waals surface area contributed by atoms with Crippen molar-refractivity contribution in [3.63, 3.8) is 0 Å². The molecule has 1 unspecified atom stereocenters. The Bertz CT molecular complexity index is 1050. The molecule has 1 atom stereocenters. The topological polar surface area (TPSA) is 99.5 Å². The predicted molar refractivity (Wildman–Crippen MR) is 119 cm³/mol. The van der Waals surface area contributed by atoms with Crippen LogP contribution in [0.1, 0.15) is 29.5 Å². The summed E-state index contributed by atoms with van der Waals surface area (Å²) in [4.78, 5) is 14.7. The molecule has 0 bridgehead atoms. The van der Waals surface area contributed by atoms with Gasteiger partial charge in [0.15, 0.2) is 0 Å². The second-order valence-corrected chi connectivity index (χ2v) is 9.63. The van der Waals surface area contributed by atoms with Gasteiger partial charge in [-0.15, -0.1) is 0 Å². The van der Waals surface area contributed by atoms with Crippen LogP contribution in [0, 0.1) is 17.2 Å². The van der Waals surface area contributed by atoms with Crippen LogP contribution in [0.5, 0.6) is 0 Å². The number of rotatable bonds is 8. The zero-order valence-electron chi connectivity index (χ0n) is 17.6. The Balaban J connectivity index is 1.52. The van der Waals surface area contributed by atoms with Crippen LogP contribution in [0.25, 0.3) is 0 Å². The van der Waals surface area contributed by atoms with Crippen molar-refractivity contribution in [3.8, 4) is 6.07 Å². The summed E-state index contributed by atoms with van der Waals surface area (Å²) >= 11 is 0. The maximum Gasteiger partial charge on any atom is 0.229 e. The molecule has 8 heteroatoms. The van der Waals surface area contributed by atoms with Crippen molar-refractivity contribution in [1.29, 1.82) is 5.26 Å². The first-order valence-electron chi connectivity index (χ1n) is 10.2. The number of carbonyl (C=O) groups is 1. The maximum atomic E-state index is 12.9. The molecule has 164 valence electrons. The second-order valence-electron chi connectivity index (χ2n) is 7.88. The molecule has 0 radical (unpaired) electrons. The molecular formula is C23H27N3O4S. The van der Waals surface area contributed by atoms with Gasteiger partial charge in [0, 0.05) is 13.1 Å². The van der Waals surface area contributed by atoms with Gasteiger partial charge in [0.25, 0.3) is 0 Å². The van der Waals surface area contributed by atoms with Gasteiger partial charge in [-0.3, -0.25) is 9.52 Å². The van der Waals surface area contributed by atoms with Gasteiger partial charge in [-0.25, -0.2) is 8.42 Å². The van der Waals surface area contributed by atoms with Gasteiger partial charge in [0.1, 0.15) is 0 Å². The number of hydrogen-bond acceptors (Lipinski definition) is 5. The van der Waals surface area contributed by atoms with E-state index < -0.39 is 10.0 Å². The number of nitrogens with one attached hydrogen (secondary N) is 1. The second kappa shape index (κ2) is 10.4. The molecule has 0 aromatic heterocycles. The normalized spacial score (nSPS) is 16.5. The van der Waals surface area contributed by atoms with Crippen LogP contribution in [-0.4, -0.2) is 45.2 Å². The van der Waals surface area contributed by atoms with Gasteiger partial charge >= 0.3 is 0 Å². The number of amides is 1. The van der Waals surface area contributed by atoms with Crippen LogP contribution in [-0.2, 0) is 32.6 Å². The average Bonchev–Trinajstić information content (AvgIpc) is 2.75. The smallest absolute Gasteiger partial charge is 0.229 e. The Morgan fingerprint density at radius 3 is 2.68 bits per heavy atom. The zero-order chi connectivity index (χ0) is 22.3. The van der Waals surface area contributed by atoms with E-state index in [2.05, 4.69) is 10.8 Å². The molecule has 0 saturated carbocycles. The fraction of sp³-hybridized carbons (Fsp3) is 0.391. The monoisotopic (exact) mass is 441 g/mol. The molecule has 7 nitrogen and oxygen atoms in total. The number of hydrogen-bond donors (Lipinski definition) is 1. The molecule has 1 aliphatic rings. The van der Waals surface area contributed by atoms with Crippen molar-refractivity contribution in [2.45, 2.75) is 25.9 Å². The lowest BCUT2D eigenvalue weighted by Gasteiger charge is -2.33. The summed E-state index contributed by atoms with van der Waals surface area (Å²) in [6.07, 6.45) is 3.17. The molecule has 3 rings (SSSR count). The fourth-order valence-corrected chi connectivity index (χ4v) is 4.29. The SMILES string of the molecule is CS(=O)(=O)Nc1ccccc1CC(=O)N1CCCC(COCc2ccc(C#N)cc2)C1. The minimum absolute atomic E-state index is 0.0143. The maximum absolute atomic E-state index is 12.9. The van der Waals surface area contributed by atoms with Gasteiger partial charge in [0.2, 0.25) is 15.9 Å². The Kier molecular flexibility index (Phi) is 7.66. The van der Waals surface area contributed by atoms with Crippen molar-refractivity contribution in [3.05, 3.63) is 65.2 Å². The third-order valence-corrected chi connectivity index (χ3v) is 5.82. The van der Waals surface area contributed by atoms with Gasteiger partial charge in [-0.2, -0.15) is 5.26 Å². The van der Waals surface area contributed by atoms with Gasteiger partial charge in [-0.05, 0) is 48.1 Å². The van der Waals surface area contributed by atoms with E-state index in [0.29, 0.717) is 43.1 Å². The van der Waals surface area contributed by atoms with Gasteiger partial charge in [-0.1, -0.05) is 30.3 Å². The molecule has 1 aliphatic heterocycles. The number of para-hydroxylation sites is 1. The number of carbonyl (C=O) groups excluding carboxylic acids is 1. The minimum atomic E-state index is -3.41. The van der Waals surface area contributed by atoms with E-state index >= 15 is 0 Å². The molecule has 0 spiro atoms. The number of likely N-dealkylation sites (tertiary alicyclic amines) is 1. The largest absolute Gasteiger partial charge is 0.376 e. The van der Waals surface area contributed by atoms with Crippen LogP contribution in [0.3, 0.4) is 0 Å².